The van der Waals surface area contributed by atoms with Crippen LogP contribution in [0.2, 0.25) is 0 Å². The molecule has 0 fully saturated rings. The largest absolute Gasteiger partial charge is 0.481 e. The quantitative estimate of drug-likeness (QED) is 0.778. The molecule has 0 aliphatic heterocycles. The van der Waals surface area contributed by atoms with Crippen molar-refractivity contribution in [3.63, 3.8) is 0 Å². The number of carboxylic acids is 1. The van der Waals surface area contributed by atoms with Gasteiger partial charge in [0.2, 0.25) is 0 Å². The maximum Gasteiger partial charge on any atom is 0.416 e. The molecule has 1 aromatic carbocycles. The fraction of sp³-hybridized carbons (Fsp3) is 0.429. The number of benzene rings is 1. The SMILES string of the molecule is CC(C)(CCC(=O)O)NC(=O)Nc1ccc(C(F)(F)F)cc1. The Bertz CT molecular complexity index is 539. The molecular weight excluding hydrogens is 301 g/mol. The molecule has 2 amide bonds. The zero-order chi connectivity index (χ0) is 17.0. The first-order valence-corrected chi connectivity index (χ1v) is 6.48. The molecule has 0 aliphatic rings. The predicted octanol–water partition coefficient (Wildman–Crippen LogP) is 3.47. The normalized spacial score (nSPS) is 11.9. The minimum absolute atomic E-state index is 0.104. The third kappa shape index (κ3) is 6.02. The second-order valence-corrected chi connectivity index (χ2v) is 5.43. The van der Waals surface area contributed by atoms with Crippen molar-refractivity contribution in [2.24, 2.45) is 0 Å². The molecule has 0 saturated heterocycles. The number of hydrogen-bond acceptors (Lipinski definition) is 2. The van der Waals surface area contributed by atoms with Crippen LogP contribution in [-0.2, 0) is 11.0 Å². The van der Waals surface area contributed by atoms with Crippen LogP contribution in [-0.4, -0.2) is 22.6 Å². The van der Waals surface area contributed by atoms with E-state index in [0.717, 1.165) is 24.3 Å². The highest BCUT2D eigenvalue weighted by molar-refractivity contribution is 5.89. The van der Waals surface area contributed by atoms with Crippen LogP contribution in [0.3, 0.4) is 0 Å². The Morgan fingerprint density at radius 2 is 1.68 bits per heavy atom. The average Bonchev–Trinajstić information content (AvgIpc) is 2.35. The molecule has 0 bridgehead atoms. The van der Waals surface area contributed by atoms with Crippen LogP contribution >= 0.6 is 0 Å². The second kappa shape index (κ2) is 6.67. The number of alkyl halides is 3. The summed E-state index contributed by atoms with van der Waals surface area (Å²) in [5, 5.41) is 13.6. The third-order valence-corrected chi connectivity index (χ3v) is 2.89. The monoisotopic (exact) mass is 318 g/mol. The first kappa shape index (κ1) is 17.8. The molecule has 0 heterocycles. The number of anilines is 1. The van der Waals surface area contributed by atoms with Gasteiger partial charge in [0.05, 0.1) is 5.56 Å². The van der Waals surface area contributed by atoms with Crippen LogP contribution in [0.5, 0.6) is 0 Å². The second-order valence-electron chi connectivity index (χ2n) is 5.43. The van der Waals surface area contributed by atoms with Crippen molar-refractivity contribution in [1.29, 1.82) is 0 Å². The summed E-state index contributed by atoms with van der Waals surface area (Å²) in [5.41, 5.74) is -1.35. The molecule has 0 spiro atoms. The van der Waals surface area contributed by atoms with Crippen molar-refractivity contribution in [3.8, 4) is 0 Å². The van der Waals surface area contributed by atoms with Crippen molar-refractivity contribution < 1.29 is 27.9 Å². The Morgan fingerprint density at radius 3 is 2.14 bits per heavy atom. The van der Waals surface area contributed by atoms with Gasteiger partial charge in [-0.3, -0.25) is 4.79 Å². The Hall–Kier alpha value is -2.25. The van der Waals surface area contributed by atoms with E-state index < -0.39 is 29.3 Å². The van der Waals surface area contributed by atoms with Gasteiger partial charge in [-0.05, 0) is 44.5 Å². The standard InChI is InChI=1S/C14H17F3N2O3/c1-13(2,8-7-11(20)21)19-12(22)18-10-5-3-9(4-6-10)14(15,16)17/h3-6H,7-8H2,1-2H3,(H,20,21)(H2,18,19,22). The van der Waals surface area contributed by atoms with Gasteiger partial charge in [-0.2, -0.15) is 13.2 Å². The van der Waals surface area contributed by atoms with E-state index in [4.69, 9.17) is 5.11 Å². The van der Waals surface area contributed by atoms with E-state index >= 15 is 0 Å². The number of carbonyl (C=O) groups excluding carboxylic acids is 1. The van der Waals surface area contributed by atoms with Gasteiger partial charge in [-0.25, -0.2) is 4.79 Å². The number of amides is 2. The highest BCUT2D eigenvalue weighted by Crippen LogP contribution is 2.29. The summed E-state index contributed by atoms with van der Waals surface area (Å²) in [6.45, 7) is 3.31. The minimum atomic E-state index is -4.43. The number of aliphatic carboxylic acids is 1. The van der Waals surface area contributed by atoms with Crippen LogP contribution in [0.1, 0.15) is 32.3 Å². The van der Waals surface area contributed by atoms with Crippen molar-refractivity contribution in [1.82, 2.24) is 5.32 Å². The fourth-order valence-electron chi connectivity index (χ4n) is 1.69. The van der Waals surface area contributed by atoms with Gasteiger partial charge in [0.15, 0.2) is 0 Å². The summed E-state index contributed by atoms with van der Waals surface area (Å²) in [7, 11) is 0. The molecule has 22 heavy (non-hydrogen) atoms. The van der Waals surface area contributed by atoms with Gasteiger partial charge in [0.25, 0.3) is 0 Å². The lowest BCUT2D eigenvalue weighted by Crippen LogP contribution is -2.45. The van der Waals surface area contributed by atoms with Gasteiger partial charge in [-0.15, -0.1) is 0 Å². The Morgan fingerprint density at radius 1 is 1.14 bits per heavy atom. The molecule has 1 rings (SSSR count). The zero-order valence-corrected chi connectivity index (χ0v) is 12.1. The molecule has 8 heteroatoms. The molecular formula is C14H17F3N2O3. The van der Waals surface area contributed by atoms with E-state index in [1.165, 1.54) is 0 Å². The van der Waals surface area contributed by atoms with Gasteiger partial charge >= 0.3 is 18.2 Å². The zero-order valence-electron chi connectivity index (χ0n) is 12.1. The van der Waals surface area contributed by atoms with E-state index in [1.807, 2.05) is 0 Å². The molecule has 5 nitrogen and oxygen atoms in total. The molecule has 0 saturated carbocycles. The number of hydrogen-bond donors (Lipinski definition) is 3. The third-order valence-electron chi connectivity index (χ3n) is 2.89. The Balaban J connectivity index is 2.60. The predicted molar refractivity (Wildman–Crippen MR) is 74.5 cm³/mol. The van der Waals surface area contributed by atoms with Crippen LogP contribution in [0.15, 0.2) is 24.3 Å². The lowest BCUT2D eigenvalue weighted by Gasteiger charge is -2.25. The first-order chi connectivity index (χ1) is 9.99. The van der Waals surface area contributed by atoms with E-state index in [9.17, 15) is 22.8 Å². The molecule has 122 valence electrons. The van der Waals surface area contributed by atoms with Crippen LogP contribution in [0.25, 0.3) is 0 Å². The van der Waals surface area contributed by atoms with Gasteiger partial charge in [0, 0.05) is 17.6 Å². The highest BCUT2D eigenvalue weighted by atomic mass is 19.4. The minimum Gasteiger partial charge on any atom is -0.481 e. The first-order valence-electron chi connectivity index (χ1n) is 6.48. The smallest absolute Gasteiger partial charge is 0.416 e. The topological polar surface area (TPSA) is 78.4 Å². The molecule has 0 radical (unpaired) electrons. The highest BCUT2D eigenvalue weighted by Gasteiger charge is 2.30. The number of carboxylic acid groups (broad SMARTS) is 1. The summed E-state index contributed by atoms with van der Waals surface area (Å²) < 4.78 is 37.2. The van der Waals surface area contributed by atoms with Gasteiger partial charge in [-0.1, -0.05) is 0 Å². The molecule has 0 unspecified atom stereocenters. The maximum absolute atomic E-state index is 12.4. The van der Waals surface area contributed by atoms with E-state index in [0.29, 0.717) is 0 Å². The van der Waals surface area contributed by atoms with E-state index in [1.54, 1.807) is 13.8 Å². The van der Waals surface area contributed by atoms with Gasteiger partial charge in [0.1, 0.15) is 0 Å². The summed E-state index contributed by atoms with van der Waals surface area (Å²) in [6, 6.07) is 3.41. The van der Waals surface area contributed by atoms with Crippen LogP contribution in [0.4, 0.5) is 23.7 Å². The van der Waals surface area contributed by atoms with Crippen LogP contribution in [0, 0.1) is 0 Å². The number of halogens is 3. The van der Waals surface area contributed by atoms with E-state index in [-0.39, 0.29) is 18.5 Å². The van der Waals surface area contributed by atoms with Crippen molar-refractivity contribution >= 4 is 17.7 Å². The average molecular weight is 318 g/mol. The van der Waals surface area contributed by atoms with Crippen molar-refractivity contribution in [3.05, 3.63) is 29.8 Å². The van der Waals surface area contributed by atoms with E-state index in [2.05, 4.69) is 10.6 Å². The molecule has 1 aromatic rings. The number of nitrogens with one attached hydrogen (secondary N) is 2. The lowest BCUT2D eigenvalue weighted by molar-refractivity contribution is -0.138. The Labute approximate surface area is 125 Å². The number of rotatable bonds is 5. The van der Waals surface area contributed by atoms with Crippen molar-refractivity contribution in [2.45, 2.75) is 38.4 Å². The lowest BCUT2D eigenvalue weighted by atomic mass is 9.99. The van der Waals surface area contributed by atoms with Gasteiger partial charge < -0.3 is 15.7 Å². The van der Waals surface area contributed by atoms with Crippen molar-refractivity contribution in [2.75, 3.05) is 5.32 Å². The fourth-order valence-corrected chi connectivity index (χ4v) is 1.69. The molecule has 3 N–H and O–H groups in total. The summed E-state index contributed by atoms with van der Waals surface area (Å²) in [6.07, 6.45) is -4.31. The summed E-state index contributed by atoms with van der Waals surface area (Å²) in [5.74, 6) is -0.974. The molecule has 0 atom stereocenters. The number of carbonyl (C=O) groups is 2. The molecule has 0 aromatic heterocycles. The summed E-state index contributed by atoms with van der Waals surface area (Å²) >= 11 is 0. The maximum atomic E-state index is 12.4. The molecule has 0 aliphatic carbocycles. The van der Waals surface area contributed by atoms with Crippen LogP contribution < -0.4 is 10.6 Å². The Kier molecular flexibility index (Phi) is 5.40. The number of urea groups is 1. The summed E-state index contributed by atoms with van der Waals surface area (Å²) in [4.78, 5) is 22.3.